The van der Waals surface area contributed by atoms with Gasteiger partial charge in [-0.25, -0.2) is 5.43 Å². The number of phenolic OH excluding ortho intramolecular Hbond substituents is 1. The highest BCUT2D eigenvalue weighted by Gasteiger charge is 2.11. The molecule has 29 heavy (non-hydrogen) atoms. The number of amides is 1. The molecule has 4 rings (SSSR count). The Balaban J connectivity index is 1.49. The molecule has 0 radical (unpaired) electrons. The van der Waals surface area contributed by atoms with E-state index in [4.69, 9.17) is 0 Å². The number of nitrogens with zero attached hydrogens (tertiary/aromatic N) is 2. The Kier molecular flexibility index (Phi) is 5.29. The van der Waals surface area contributed by atoms with Crippen molar-refractivity contribution in [1.82, 2.24) is 5.43 Å². The molecule has 1 aromatic heterocycles. The lowest BCUT2D eigenvalue weighted by Crippen LogP contribution is -2.35. The molecule has 2 N–H and O–H groups in total. The van der Waals surface area contributed by atoms with Crippen LogP contribution in [0.1, 0.15) is 21.5 Å². The molecule has 0 unspecified atom stereocenters. The molecule has 5 heteroatoms. The smallest absolute Gasteiger partial charge is 0.277 e. The van der Waals surface area contributed by atoms with E-state index in [1.165, 1.54) is 6.21 Å². The molecule has 0 saturated heterocycles. The fourth-order valence-corrected chi connectivity index (χ4v) is 3.19. The van der Waals surface area contributed by atoms with E-state index >= 15 is 0 Å². The van der Waals surface area contributed by atoms with Gasteiger partial charge in [-0.05, 0) is 22.9 Å². The molecule has 142 valence electrons. The molecular formula is C24H20N3O2+. The first-order valence-corrected chi connectivity index (χ1v) is 9.28. The number of hydrazone groups is 1. The molecule has 0 spiro atoms. The van der Waals surface area contributed by atoms with Crippen molar-refractivity contribution in [2.24, 2.45) is 5.10 Å². The molecule has 0 aliphatic heterocycles. The Labute approximate surface area is 168 Å². The van der Waals surface area contributed by atoms with Crippen LogP contribution in [0.3, 0.4) is 0 Å². The van der Waals surface area contributed by atoms with E-state index < -0.39 is 0 Å². The average Bonchev–Trinajstić information content (AvgIpc) is 2.76. The maximum absolute atomic E-state index is 12.5. The van der Waals surface area contributed by atoms with Crippen molar-refractivity contribution in [3.63, 3.8) is 0 Å². The number of hydrogen-bond donors (Lipinski definition) is 2. The maximum atomic E-state index is 12.5. The molecule has 0 saturated carbocycles. The number of fused-ring (bicyclic) bond motifs is 1. The second kappa shape index (κ2) is 8.35. The van der Waals surface area contributed by atoms with Crippen LogP contribution >= 0.6 is 0 Å². The van der Waals surface area contributed by atoms with Gasteiger partial charge in [0.25, 0.3) is 5.91 Å². The minimum Gasteiger partial charge on any atom is -0.507 e. The number of phenols is 1. The van der Waals surface area contributed by atoms with Crippen LogP contribution in [0.2, 0.25) is 0 Å². The Morgan fingerprint density at radius 3 is 2.62 bits per heavy atom. The third-order valence-corrected chi connectivity index (χ3v) is 4.64. The molecule has 0 bridgehead atoms. The van der Waals surface area contributed by atoms with Gasteiger partial charge in [0.1, 0.15) is 11.3 Å². The van der Waals surface area contributed by atoms with Crippen molar-refractivity contribution in [1.29, 1.82) is 0 Å². The van der Waals surface area contributed by atoms with Crippen molar-refractivity contribution in [3.05, 3.63) is 108 Å². The molecule has 3 aromatic carbocycles. The summed E-state index contributed by atoms with van der Waals surface area (Å²) in [6, 6.07) is 24.8. The van der Waals surface area contributed by atoms with Gasteiger partial charge in [0.2, 0.25) is 0 Å². The summed E-state index contributed by atoms with van der Waals surface area (Å²) in [5, 5.41) is 16.1. The monoisotopic (exact) mass is 382 g/mol. The van der Waals surface area contributed by atoms with E-state index in [0.29, 0.717) is 17.7 Å². The molecule has 1 amide bonds. The number of rotatable bonds is 5. The summed E-state index contributed by atoms with van der Waals surface area (Å²) in [5.74, 6) is -0.203. The van der Waals surface area contributed by atoms with Crippen molar-refractivity contribution in [3.8, 4) is 5.75 Å². The van der Waals surface area contributed by atoms with Crippen molar-refractivity contribution >= 4 is 22.9 Å². The largest absolute Gasteiger partial charge is 0.507 e. The van der Waals surface area contributed by atoms with E-state index in [9.17, 15) is 9.90 Å². The van der Waals surface area contributed by atoms with Crippen LogP contribution in [0.15, 0.2) is 96.4 Å². The zero-order valence-corrected chi connectivity index (χ0v) is 15.7. The van der Waals surface area contributed by atoms with Gasteiger partial charge in [-0.3, -0.25) is 4.79 Å². The van der Waals surface area contributed by atoms with Gasteiger partial charge in [0, 0.05) is 17.2 Å². The normalized spacial score (nSPS) is 11.0. The summed E-state index contributed by atoms with van der Waals surface area (Å²) in [6.07, 6.45) is 5.17. The number of carbonyl (C=O) groups excluding carboxylic acids is 1. The van der Waals surface area contributed by atoms with Gasteiger partial charge in [-0.15, -0.1) is 0 Å². The standard InChI is InChI=1S/C24H19N3O2/c28-23-13-12-19-9-4-5-11-21(19)22(23)15-25-26-24(29)20-10-6-14-27(17-20)16-18-7-2-1-3-8-18/h1-15,17H,16H2,(H-,25,26,28,29)/p+1. The van der Waals surface area contributed by atoms with Crippen LogP contribution in [-0.2, 0) is 6.54 Å². The first-order chi connectivity index (χ1) is 14.2. The van der Waals surface area contributed by atoms with Gasteiger partial charge in [-0.1, -0.05) is 60.7 Å². The van der Waals surface area contributed by atoms with Crippen LogP contribution in [0.4, 0.5) is 0 Å². The quantitative estimate of drug-likeness (QED) is 0.314. The summed E-state index contributed by atoms with van der Waals surface area (Å²) in [6.45, 7) is 0.676. The lowest BCUT2D eigenvalue weighted by Gasteiger charge is -2.05. The second-order valence-corrected chi connectivity index (χ2v) is 6.67. The zero-order chi connectivity index (χ0) is 20.1. The number of hydrogen-bond acceptors (Lipinski definition) is 3. The number of pyridine rings is 1. The molecular weight excluding hydrogens is 362 g/mol. The first kappa shape index (κ1) is 18.4. The molecule has 5 nitrogen and oxygen atoms in total. The van der Waals surface area contributed by atoms with E-state index in [2.05, 4.69) is 10.5 Å². The predicted molar refractivity (Wildman–Crippen MR) is 113 cm³/mol. The van der Waals surface area contributed by atoms with E-state index in [1.54, 1.807) is 18.3 Å². The third-order valence-electron chi connectivity index (χ3n) is 4.64. The summed E-state index contributed by atoms with van der Waals surface area (Å²) in [7, 11) is 0. The van der Waals surface area contributed by atoms with Crippen LogP contribution in [0.5, 0.6) is 5.75 Å². The lowest BCUT2D eigenvalue weighted by molar-refractivity contribution is -0.688. The first-order valence-electron chi connectivity index (χ1n) is 9.28. The minimum atomic E-state index is -0.316. The summed E-state index contributed by atoms with van der Waals surface area (Å²) in [4.78, 5) is 12.5. The van der Waals surface area contributed by atoms with Gasteiger partial charge in [0.05, 0.1) is 6.21 Å². The molecule has 0 aliphatic rings. The van der Waals surface area contributed by atoms with Crippen molar-refractivity contribution < 1.29 is 14.5 Å². The van der Waals surface area contributed by atoms with Crippen LogP contribution in [0, 0.1) is 0 Å². The van der Waals surface area contributed by atoms with Crippen molar-refractivity contribution in [2.45, 2.75) is 6.54 Å². The highest BCUT2D eigenvalue weighted by atomic mass is 16.3. The topological polar surface area (TPSA) is 65.6 Å². The summed E-state index contributed by atoms with van der Waals surface area (Å²) < 4.78 is 1.95. The number of nitrogens with one attached hydrogen (secondary N) is 1. The SMILES string of the molecule is O=C(N/N=C\c1c(O)ccc2ccccc12)c1ccc[n+](Cc2ccccc2)c1. The molecule has 0 aliphatic carbocycles. The fourth-order valence-electron chi connectivity index (χ4n) is 3.19. The predicted octanol–water partition coefficient (Wildman–Crippen LogP) is 3.65. The number of aromatic nitrogens is 1. The molecule has 1 heterocycles. The zero-order valence-electron chi connectivity index (χ0n) is 15.7. The average molecular weight is 382 g/mol. The fraction of sp³-hybridized carbons (Fsp3) is 0.0417. The molecule has 4 aromatic rings. The summed E-state index contributed by atoms with van der Waals surface area (Å²) in [5.41, 5.74) is 4.76. The van der Waals surface area contributed by atoms with E-state index in [0.717, 1.165) is 16.3 Å². The highest BCUT2D eigenvalue weighted by molar-refractivity contribution is 6.03. The minimum absolute atomic E-state index is 0.113. The van der Waals surface area contributed by atoms with Crippen LogP contribution in [0.25, 0.3) is 10.8 Å². The van der Waals surface area contributed by atoms with Gasteiger partial charge >= 0.3 is 0 Å². The number of carbonyl (C=O) groups is 1. The van der Waals surface area contributed by atoms with Gasteiger partial charge in [0.15, 0.2) is 18.9 Å². The Hall–Kier alpha value is -3.99. The lowest BCUT2D eigenvalue weighted by atomic mass is 10.0. The number of benzene rings is 3. The molecule has 0 fully saturated rings. The maximum Gasteiger partial charge on any atom is 0.277 e. The highest BCUT2D eigenvalue weighted by Crippen LogP contribution is 2.25. The third kappa shape index (κ3) is 4.30. The van der Waals surface area contributed by atoms with Crippen LogP contribution < -0.4 is 9.99 Å². The van der Waals surface area contributed by atoms with E-state index in [-0.39, 0.29) is 11.7 Å². The van der Waals surface area contributed by atoms with Gasteiger partial charge < -0.3 is 5.11 Å². The Morgan fingerprint density at radius 2 is 1.76 bits per heavy atom. The van der Waals surface area contributed by atoms with Gasteiger partial charge in [-0.2, -0.15) is 9.67 Å². The van der Waals surface area contributed by atoms with E-state index in [1.807, 2.05) is 77.5 Å². The number of aromatic hydroxyl groups is 1. The Morgan fingerprint density at radius 1 is 0.966 bits per heavy atom. The van der Waals surface area contributed by atoms with Crippen LogP contribution in [-0.4, -0.2) is 17.2 Å². The molecule has 0 atom stereocenters. The van der Waals surface area contributed by atoms with Crippen molar-refractivity contribution in [2.75, 3.05) is 0 Å². The summed E-state index contributed by atoms with van der Waals surface area (Å²) >= 11 is 0. The second-order valence-electron chi connectivity index (χ2n) is 6.67. The Bertz CT molecular complexity index is 1190.